The molecule has 13 heavy (non-hydrogen) atoms. The van der Waals surface area contributed by atoms with Gasteiger partial charge in [0.1, 0.15) is 5.76 Å². The lowest BCUT2D eigenvalue weighted by Gasteiger charge is -2.06. The van der Waals surface area contributed by atoms with E-state index < -0.39 is 0 Å². The smallest absolute Gasteiger partial charge is 0.195 e. The van der Waals surface area contributed by atoms with Crippen molar-refractivity contribution in [2.45, 2.75) is 33.1 Å². The fourth-order valence-electron chi connectivity index (χ4n) is 1.50. The van der Waals surface area contributed by atoms with Gasteiger partial charge in [0.15, 0.2) is 5.89 Å². The van der Waals surface area contributed by atoms with E-state index in [0.29, 0.717) is 0 Å². The summed E-state index contributed by atoms with van der Waals surface area (Å²) in [6.45, 7) is 4.12. The average molecular weight is 181 g/mol. The minimum atomic E-state index is 0.101. The van der Waals surface area contributed by atoms with E-state index >= 15 is 0 Å². The van der Waals surface area contributed by atoms with Crippen molar-refractivity contribution in [2.75, 3.05) is 6.61 Å². The minimum absolute atomic E-state index is 0.101. The molecule has 2 rings (SSSR count). The van der Waals surface area contributed by atoms with E-state index in [1.807, 2.05) is 13.8 Å². The predicted octanol–water partition coefficient (Wildman–Crippen LogP) is 1.61. The SMILES string of the molecule is Cc1nc(CC2(CO)CC2)oc1C. The summed E-state index contributed by atoms with van der Waals surface area (Å²) in [6, 6.07) is 0. The van der Waals surface area contributed by atoms with Gasteiger partial charge in [-0.2, -0.15) is 0 Å². The normalized spacial score (nSPS) is 19.0. The molecule has 0 bridgehead atoms. The van der Waals surface area contributed by atoms with Gasteiger partial charge in [0.2, 0.25) is 0 Å². The molecule has 1 N–H and O–H groups in total. The molecule has 0 atom stereocenters. The largest absolute Gasteiger partial charge is 0.446 e. The second-order valence-corrected chi connectivity index (χ2v) is 4.08. The third-order valence-corrected chi connectivity index (χ3v) is 2.89. The zero-order chi connectivity index (χ0) is 9.47. The lowest BCUT2D eigenvalue weighted by molar-refractivity contribution is 0.202. The van der Waals surface area contributed by atoms with Crippen LogP contribution >= 0.6 is 0 Å². The van der Waals surface area contributed by atoms with Crippen LogP contribution in [0.1, 0.15) is 30.2 Å². The summed E-state index contributed by atoms with van der Waals surface area (Å²) in [5, 5.41) is 9.12. The van der Waals surface area contributed by atoms with Crippen LogP contribution in [0.25, 0.3) is 0 Å². The Morgan fingerprint density at radius 2 is 2.15 bits per heavy atom. The Morgan fingerprint density at radius 3 is 2.54 bits per heavy atom. The maximum Gasteiger partial charge on any atom is 0.195 e. The van der Waals surface area contributed by atoms with Crippen molar-refractivity contribution >= 4 is 0 Å². The van der Waals surface area contributed by atoms with Crippen LogP contribution in [0.5, 0.6) is 0 Å². The number of aromatic nitrogens is 1. The van der Waals surface area contributed by atoms with Crippen LogP contribution < -0.4 is 0 Å². The van der Waals surface area contributed by atoms with Gasteiger partial charge in [-0.25, -0.2) is 4.98 Å². The van der Waals surface area contributed by atoms with E-state index in [2.05, 4.69) is 4.98 Å². The van der Waals surface area contributed by atoms with Gasteiger partial charge in [0.05, 0.1) is 5.69 Å². The van der Waals surface area contributed by atoms with Crippen LogP contribution in [0.4, 0.5) is 0 Å². The van der Waals surface area contributed by atoms with Gasteiger partial charge in [-0.15, -0.1) is 0 Å². The third-order valence-electron chi connectivity index (χ3n) is 2.89. The van der Waals surface area contributed by atoms with Crippen LogP contribution in [-0.4, -0.2) is 16.7 Å². The molecule has 1 aromatic rings. The number of hydrogen-bond donors (Lipinski definition) is 1. The molecule has 0 spiro atoms. The molecule has 0 unspecified atom stereocenters. The van der Waals surface area contributed by atoms with Gasteiger partial charge in [-0.3, -0.25) is 0 Å². The van der Waals surface area contributed by atoms with Crippen molar-refractivity contribution in [2.24, 2.45) is 5.41 Å². The Balaban J connectivity index is 2.10. The molecule has 1 heterocycles. The lowest BCUT2D eigenvalue weighted by atomic mass is 10.0. The van der Waals surface area contributed by atoms with Crippen molar-refractivity contribution in [3.05, 3.63) is 17.3 Å². The van der Waals surface area contributed by atoms with Crippen molar-refractivity contribution in [3.63, 3.8) is 0 Å². The van der Waals surface area contributed by atoms with Gasteiger partial charge in [0.25, 0.3) is 0 Å². The Labute approximate surface area is 77.8 Å². The van der Waals surface area contributed by atoms with Gasteiger partial charge in [-0.05, 0) is 26.7 Å². The third kappa shape index (κ3) is 1.61. The summed E-state index contributed by atoms with van der Waals surface area (Å²) in [4.78, 5) is 4.31. The first-order valence-corrected chi connectivity index (χ1v) is 4.69. The topological polar surface area (TPSA) is 46.3 Å². The molecular formula is C10H15NO2. The monoisotopic (exact) mass is 181 g/mol. The lowest BCUT2D eigenvalue weighted by Crippen LogP contribution is -2.10. The van der Waals surface area contributed by atoms with E-state index in [4.69, 9.17) is 9.52 Å². The number of oxazole rings is 1. The van der Waals surface area contributed by atoms with Crippen LogP contribution in [-0.2, 0) is 6.42 Å². The van der Waals surface area contributed by atoms with E-state index in [-0.39, 0.29) is 12.0 Å². The number of aliphatic hydroxyl groups excluding tert-OH is 1. The number of aryl methyl sites for hydroxylation is 2. The maximum absolute atomic E-state index is 9.12. The number of nitrogens with zero attached hydrogens (tertiary/aromatic N) is 1. The van der Waals surface area contributed by atoms with Crippen LogP contribution in [0.15, 0.2) is 4.42 Å². The second-order valence-electron chi connectivity index (χ2n) is 4.08. The predicted molar refractivity (Wildman–Crippen MR) is 48.4 cm³/mol. The summed E-state index contributed by atoms with van der Waals surface area (Å²) in [5.41, 5.74) is 1.06. The van der Waals surface area contributed by atoms with Crippen molar-refractivity contribution in [1.29, 1.82) is 0 Å². The maximum atomic E-state index is 9.12. The van der Waals surface area contributed by atoms with Crippen molar-refractivity contribution in [1.82, 2.24) is 4.98 Å². The van der Waals surface area contributed by atoms with Crippen LogP contribution in [0.3, 0.4) is 0 Å². The fraction of sp³-hybridized carbons (Fsp3) is 0.700. The molecule has 0 radical (unpaired) electrons. The van der Waals surface area contributed by atoms with E-state index in [1.54, 1.807) is 0 Å². The highest BCUT2D eigenvalue weighted by atomic mass is 16.4. The van der Waals surface area contributed by atoms with Gasteiger partial charge in [0, 0.05) is 18.4 Å². The van der Waals surface area contributed by atoms with Gasteiger partial charge < -0.3 is 9.52 Å². The second kappa shape index (κ2) is 2.84. The zero-order valence-electron chi connectivity index (χ0n) is 8.13. The summed E-state index contributed by atoms with van der Waals surface area (Å²) in [5.74, 6) is 1.67. The molecule has 72 valence electrons. The van der Waals surface area contributed by atoms with E-state index in [9.17, 15) is 0 Å². The molecule has 1 fully saturated rings. The molecule has 0 amide bonds. The Kier molecular flexibility index (Phi) is 1.91. The number of rotatable bonds is 3. The molecule has 1 saturated carbocycles. The molecule has 0 aliphatic heterocycles. The molecule has 0 saturated heterocycles. The molecular weight excluding hydrogens is 166 g/mol. The summed E-state index contributed by atoms with van der Waals surface area (Å²) in [6.07, 6.45) is 2.99. The zero-order valence-corrected chi connectivity index (χ0v) is 8.13. The van der Waals surface area contributed by atoms with E-state index in [1.165, 1.54) is 0 Å². The molecule has 3 nitrogen and oxygen atoms in total. The van der Waals surface area contributed by atoms with Gasteiger partial charge >= 0.3 is 0 Å². The van der Waals surface area contributed by atoms with Crippen molar-refractivity contribution < 1.29 is 9.52 Å². The first kappa shape index (κ1) is 8.75. The highest BCUT2D eigenvalue weighted by molar-refractivity contribution is 5.08. The number of aliphatic hydroxyl groups is 1. The first-order valence-electron chi connectivity index (χ1n) is 4.69. The summed E-state index contributed by atoms with van der Waals surface area (Å²) >= 11 is 0. The molecule has 3 heteroatoms. The minimum Gasteiger partial charge on any atom is -0.446 e. The molecule has 1 aliphatic rings. The Morgan fingerprint density at radius 1 is 1.46 bits per heavy atom. The standard InChI is InChI=1S/C10H15NO2/c1-7-8(2)13-9(11-7)5-10(6-12)3-4-10/h12H,3-6H2,1-2H3. The van der Waals surface area contributed by atoms with E-state index in [0.717, 1.165) is 36.6 Å². The van der Waals surface area contributed by atoms with Crippen LogP contribution in [0, 0.1) is 19.3 Å². The molecule has 1 aromatic heterocycles. The Hall–Kier alpha value is -0.830. The quantitative estimate of drug-likeness (QED) is 0.770. The Bertz CT molecular complexity index is 293. The fourth-order valence-corrected chi connectivity index (χ4v) is 1.50. The van der Waals surface area contributed by atoms with Gasteiger partial charge in [-0.1, -0.05) is 0 Å². The average Bonchev–Trinajstić information content (AvgIpc) is 2.78. The summed E-state index contributed by atoms with van der Waals surface area (Å²) < 4.78 is 5.47. The first-order chi connectivity index (χ1) is 6.15. The van der Waals surface area contributed by atoms with Crippen LogP contribution in [0.2, 0.25) is 0 Å². The molecule has 0 aromatic carbocycles. The highest BCUT2D eigenvalue weighted by Crippen LogP contribution is 2.47. The molecule has 1 aliphatic carbocycles. The number of hydrogen-bond acceptors (Lipinski definition) is 3. The highest BCUT2D eigenvalue weighted by Gasteiger charge is 2.43. The van der Waals surface area contributed by atoms with Crippen molar-refractivity contribution in [3.8, 4) is 0 Å². The summed E-state index contributed by atoms with van der Waals surface area (Å²) in [7, 11) is 0.